The van der Waals surface area contributed by atoms with E-state index in [1.165, 1.54) is 4.88 Å². The normalized spacial score (nSPS) is 10.6. The number of hydrogen-bond acceptors (Lipinski definition) is 5. The molecule has 0 fully saturated rings. The van der Waals surface area contributed by atoms with Crippen LogP contribution >= 0.6 is 11.3 Å². The molecule has 21 heavy (non-hydrogen) atoms. The Morgan fingerprint density at radius 3 is 2.67 bits per heavy atom. The molecule has 0 saturated carbocycles. The van der Waals surface area contributed by atoms with Gasteiger partial charge in [0.15, 0.2) is 5.13 Å². The van der Waals surface area contributed by atoms with E-state index in [1.807, 2.05) is 37.3 Å². The average molecular weight is 296 g/mol. The fourth-order valence-corrected chi connectivity index (χ4v) is 2.97. The molecule has 0 aliphatic carbocycles. The number of rotatable bonds is 4. The second kappa shape index (κ2) is 6.01. The van der Waals surface area contributed by atoms with Crippen molar-refractivity contribution >= 4 is 22.3 Å². The van der Waals surface area contributed by atoms with Crippen molar-refractivity contribution in [2.75, 3.05) is 5.32 Å². The molecule has 106 valence electrons. The van der Waals surface area contributed by atoms with Gasteiger partial charge in [-0.2, -0.15) is 0 Å². The Morgan fingerprint density at radius 1 is 1.10 bits per heavy atom. The maximum Gasteiger partial charge on any atom is 0.189 e. The Morgan fingerprint density at radius 2 is 1.95 bits per heavy atom. The maximum atomic E-state index is 4.69. The van der Waals surface area contributed by atoms with Gasteiger partial charge in [0.25, 0.3) is 0 Å². The Kier molecular flexibility index (Phi) is 3.92. The van der Waals surface area contributed by atoms with Crippen molar-refractivity contribution < 1.29 is 0 Å². The summed E-state index contributed by atoms with van der Waals surface area (Å²) in [6.45, 7) is 4.17. The molecular weight excluding hydrogens is 280 g/mol. The van der Waals surface area contributed by atoms with Crippen LogP contribution in [0.1, 0.15) is 17.4 Å². The SMILES string of the molecule is CCc1sc(Nc2ncccc2C)nc1-c1ccccn1. The highest BCUT2D eigenvalue weighted by molar-refractivity contribution is 7.16. The van der Waals surface area contributed by atoms with Gasteiger partial charge < -0.3 is 5.32 Å². The van der Waals surface area contributed by atoms with Gasteiger partial charge in [-0.15, -0.1) is 11.3 Å². The number of nitrogens with zero attached hydrogens (tertiary/aromatic N) is 3. The highest BCUT2D eigenvalue weighted by Crippen LogP contribution is 2.32. The molecule has 0 radical (unpaired) electrons. The predicted octanol–water partition coefficient (Wildman–Crippen LogP) is 4.21. The van der Waals surface area contributed by atoms with Crippen LogP contribution in [0.25, 0.3) is 11.4 Å². The van der Waals surface area contributed by atoms with Crippen LogP contribution in [0.2, 0.25) is 0 Å². The molecule has 0 bridgehead atoms. The second-order valence-electron chi connectivity index (χ2n) is 4.65. The molecule has 3 rings (SSSR count). The van der Waals surface area contributed by atoms with Crippen LogP contribution in [0.4, 0.5) is 10.9 Å². The van der Waals surface area contributed by atoms with Gasteiger partial charge in [-0.1, -0.05) is 19.1 Å². The molecule has 0 aliphatic rings. The topological polar surface area (TPSA) is 50.7 Å². The fraction of sp³-hybridized carbons (Fsp3) is 0.188. The minimum Gasteiger partial charge on any atom is -0.316 e. The van der Waals surface area contributed by atoms with Crippen molar-refractivity contribution in [2.24, 2.45) is 0 Å². The summed E-state index contributed by atoms with van der Waals surface area (Å²) in [5.74, 6) is 0.849. The van der Waals surface area contributed by atoms with E-state index in [2.05, 4.69) is 22.2 Å². The molecule has 5 heteroatoms. The Bertz CT molecular complexity index is 737. The zero-order chi connectivity index (χ0) is 14.7. The zero-order valence-electron chi connectivity index (χ0n) is 12.0. The van der Waals surface area contributed by atoms with E-state index in [9.17, 15) is 0 Å². The van der Waals surface area contributed by atoms with E-state index >= 15 is 0 Å². The summed E-state index contributed by atoms with van der Waals surface area (Å²) in [6.07, 6.45) is 4.51. The quantitative estimate of drug-likeness (QED) is 0.783. The Hall–Kier alpha value is -2.27. The lowest BCUT2D eigenvalue weighted by molar-refractivity contribution is 1.15. The molecule has 4 nitrogen and oxygen atoms in total. The van der Waals surface area contributed by atoms with Gasteiger partial charge >= 0.3 is 0 Å². The maximum absolute atomic E-state index is 4.69. The van der Waals surface area contributed by atoms with Crippen molar-refractivity contribution in [3.8, 4) is 11.4 Å². The van der Waals surface area contributed by atoms with Crippen LogP contribution in [0, 0.1) is 6.92 Å². The molecule has 0 saturated heterocycles. The third-order valence-corrected chi connectivity index (χ3v) is 4.28. The number of aryl methyl sites for hydroxylation is 2. The number of aromatic nitrogens is 3. The van der Waals surface area contributed by atoms with E-state index in [-0.39, 0.29) is 0 Å². The van der Waals surface area contributed by atoms with Crippen LogP contribution < -0.4 is 5.32 Å². The van der Waals surface area contributed by atoms with Crippen molar-refractivity contribution in [1.82, 2.24) is 15.0 Å². The first kappa shape index (κ1) is 13.7. The molecule has 0 aliphatic heterocycles. The molecule has 3 aromatic rings. The molecule has 1 N–H and O–H groups in total. The predicted molar refractivity (Wildman–Crippen MR) is 87.0 cm³/mol. The second-order valence-corrected chi connectivity index (χ2v) is 5.74. The standard InChI is InChI=1S/C16H16N4S/c1-3-13-14(12-8-4-5-9-17-12)19-16(21-13)20-15-11(2)7-6-10-18-15/h4-10H,3H2,1-2H3,(H,18,19,20). The van der Waals surface area contributed by atoms with Gasteiger partial charge in [0.1, 0.15) is 11.5 Å². The van der Waals surface area contributed by atoms with Crippen LogP contribution in [-0.2, 0) is 6.42 Å². The zero-order valence-corrected chi connectivity index (χ0v) is 12.8. The number of anilines is 2. The van der Waals surface area contributed by atoms with Gasteiger partial charge in [0.05, 0.1) is 5.69 Å². The van der Waals surface area contributed by atoms with Crippen LogP contribution in [0.15, 0.2) is 42.7 Å². The lowest BCUT2D eigenvalue weighted by Gasteiger charge is -2.03. The molecule has 0 unspecified atom stereocenters. The Balaban J connectivity index is 1.95. The molecule has 0 aromatic carbocycles. The lowest BCUT2D eigenvalue weighted by atomic mass is 10.2. The summed E-state index contributed by atoms with van der Waals surface area (Å²) >= 11 is 1.66. The summed E-state index contributed by atoms with van der Waals surface area (Å²) in [5.41, 5.74) is 2.97. The summed E-state index contributed by atoms with van der Waals surface area (Å²) in [5, 5.41) is 4.16. The first-order chi connectivity index (χ1) is 10.3. The van der Waals surface area contributed by atoms with Gasteiger partial charge in [-0.3, -0.25) is 4.98 Å². The van der Waals surface area contributed by atoms with Crippen LogP contribution in [0.3, 0.4) is 0 Å². The largest absolute Gasteiger partial charge is 0.316 e. The van der Waals surface area contributed by atoms with E-state index in [0.717, 1.165) is 34.3 Å². The van der Waals surface area contributed by atoms with Crippen molar-refractivity contribution in [3.63, 3.8) is 0 Å². The summed E-state index contributed by atoms with van der Waals surface area (Å²) in [6, 6.07) is 9.85. The third kappa shape index (κ3) is 2.92. The van der Waals surface area contributed by atoms with Gasteiger partial charge in [0.2, 0.25) is 0 Å². The van der Waals surface area contributed by atoms with Crippen molar-refractivity contribution in [1.29, 1.82) is 0 Å². The van der Waals surface area contributed by atoms with Crippen molar-refractivity contribution in [2.45, 2.75) is 20.3 Å². The van der Waals surface area contributed by atoms with Gasteiger partial charge in [0, 0.05) is 17.3 Å². The van der Waals surface area contributed by atoms with Crippen molar-refractivity contribution in [3.05, 3.63) is 53.2 Å². The average Bonchev–Trinajstić information content (AvgIpc) is 2.93. The number of hydrogen-bond donors (Lipinski definition) is 1. The third-order valence-electron chi connectivity index (χ3n) is 3.16. The minimum absolute atomic E-state index is 0.849. The monoisotopic (exact) mass is 296 g/mol. The van der Waals surface area contributed by atoms with Crippen LogP contribution in [0.5, 0.6) is 0 Å². The number of pyridine rings is 2. The number of thiazole rings is 1. The van der Waals surface area contributed by atoms with Crippen LogP contribution in [-0.4, -0.2) is 15.0 Å². The molecule has 0 atom stereocenters. The molecule has 0 spiro atoms. The highest BCUT2D eigenvalue weighted by atomic mass is 32.1. The first-order valence-electron chi connectivity index (χ1n) is 6.87. The fourth-order valence-electron chi connectivity index (χ4n) is 2.07. The van der Waals surface area contributed by atoms with E-state index in [0.29, 0.717) is 0 Å². The molecule has 3 aromatic heterocycles. The summed E-state index contributed by atoms with van der Waals surface area (Å²) in [4.78, 5) is 14.7. The molecule has 0 amide bonds. The summed E-state index contributed by atoms with van der Waals surface area (Å²) < 4.78 is 0. The van der Waals surface area contributed by atoms with E-state index in [4.69, 9.17) is 4.98 Å². The van der Waals surface area contributed by atoms with E-state index in [1.54, 1.807) is 23.7 Å². The van der Waals surface area contributed by atoms with Gasteiger partial charge in [-0.05, 0) is 37.1 Å². The van der Waals surface area contributed by atoms with Gasteiger partial charge in [-0.25, -0.2) is 9.97 Å². The Labute approximate surface area is 127 Å². The smallest absolute Gasteiger partial charge is 0.189 e. The van der Waals surface area contributed by atoms with E-state index < -0.39 is 0 Å². The first-order valence-corrected chi connectivity index (χ1v) is 7.69. The lowest BCUT2D eigenvalue weighted by Crippen LogP contribution is -1.95. The molecule has 3 heterocycles. The summed E-state index contributed by atoms with van der Waals surface area (Å²) in [7, 11) is 0. The number of nitrogens with one attached hydrogen (secondary N) is 1. The minimum atomic E-state index is 0.849. The highest BCUT2D eigenvalue weighted by Gasteiger charge is 2.13. The molecular formula is C16H16N4S.